The summed E-state index contributed by atoms with van der Waals surface area (Å²) in [6.07, 6.45) is 1.85. The van der Waals surface area contributed by atoms with E-state index in [1.807, 2.05) is 4.58 Å². The Morgan fingerprint density at radius 3 is 2.94 bits per heavy atom. The van der Waals surface area contributed by atoms with Crippen LogP contribution >= 0.6 is 0 Å². The minimum Gasteiger partial charge on any atom is -0.269 e. The third-order valence-electron chi connectivity index (χ3n) is 3.49. The largest absolute Gasteiger partial charge is 0.388 e. The quantitative estimate of drug-likeness (QED) is 0.627. The monoisotopic (exact) mass is 235 g/mol. The van der Waals surface area contributed by atoms with Crippen molar-refractivity contribution in [1.29, 1.82) is 0 Å². The van der Waals surface area contributed by atoms with Crippen molar-refractivity contribution in [2.75, 3.05) is 20.1 Å². The van der Waals surface area contributed by atoms with Gasteiger partial charge in [-0.15, -0.1) is 4.99 Å². The van der Waals surface area contributed by atoms with E-state index in [0.717, 1.165) is 31.1 Å². The number of likely N-dealkylation sites (N-methyl/N-ethyl adjacent to an activating group) is 1. The maximum Gasteiger partial charge on any atom is 0.388 e. The van der Waals surface area contributed by atoms with Crippen LogP contribution in [0.3, 0.4) is 0 Å². The molecular weight excluding hydrogens is 220 g/mol. The van der Waals surface area contributed by atoms with E-state index in [1.54, 1.807) is 4.90 Å². The Hall–Kier alpha value is -1.72. The van der Waals surface area contributed by atoms with Crippen LogP contribution in [0.2, 0.25) is 0 Å². The third kappa shape index (κ3) is 1.20. The molecule has 0 aromatic heterocycles. The Labute approximate surface area is 99.2 Å². The molecule has 3 heterocycles. The lowest BCUT2D eigenvalue weighted by molar-refractivity contribution is -0.395. The van der Waals surface area contributed by atoms with Crippen molar-refractivity contribution in [3.63, 3.8) is 0 Å². The number of carbonyl (C=O) groups excluding carboxylic acids is 2. The van der Waals surface area contributed by atoms with E-state index in [1.165, 1.54) is 11.9 Å². The fourth-order valence-electron chi connectivity index (χ4n) is 2.65. The van der Waals surface area contributed by atoms with Crippen molar-refractivity contribution >= 4 is 23.6 Å². The standard InChI is InChI=1S/C11H15N4O2/c1-3-4-7-12-8-9-14(7)5-6-15(9)11(17)13(2)10(8)16/h8H,3-6H2,1-2H3/q+1. The van der Waals surface area contributed by atoms with Gasteiger partial charge in [0.05, 0.1) is 0 Å². The van der Waals surface area contributed by atoms with Crippen LogP contribution < -0.4 is 0 Å². The number of hydrogen-bond acceptors (Lipinski definition) is 3. The fourth-order valence-corrected chi connectivity index (χ4v) is 2.65. The van der Waals surface area contributed by atoms with Crippen molar-refractivity contribution in [3.8, 4) is 0 Å². The molecule has 1 fully saturated rings. The van der Waals surface area contributed by atoms with E-state index in [0.29, 0.717) is 6.54 Å². The molecule has 0 spiro atoms. The second-order valence-corrected chi connectivity index (χ2v) is 4.54. The van der Waals surface area contributed by atoms with Crippen LogP contribution in [0.25, 0.3) is 0 Å². The van der Waals surface area contributed by atoms with E-state index < -0.39 is 6.04 Å². The topological polar surface area (TPSA) is 56.0 Å². The average molecular weight is 235 g/mol. The number of urea groups is 1. The maximum absolute atomic E-state index is 12.0. The Bertz CT molecular complexity index is 480. The lowest BCUT2D eigenvalue weighted by Gasteiger charge is -2.26. The van der Waals surface area contributed by atoms with Crippen LogP contribution in [-0.2, 0) is 4.79 Å². The summed E-state index contributed by atoms with van der Waals surface area (Å²) in [6, 6.07) is -0.710. The van der Waals surface area contributed by atoms with E-state index in [4.69, 9.17) is 0 Å². The first-order valence-corrected chi connectivity index (χ1v) is 5.95. The normalized spacial score (nSPS) is 26.9. The van der Waals surface area contributed by atoms with Crippen molar-refractivity contribution in [2.45, 2.75) is 25.8 Å². The van der Waals surface area contributed by atoms with Crippen LogP contribution in [0.15, 0.2) is 4.99 Å². The van der Waals surface area contributed by atoms with Gasteiger partial charge in [-0.2, -0.15) is 0 Å². The van der Waals surface area contributed by atoms with Gasteiger partial charge in [0.25, 0.3) is 17.8 Å². The number of nitrogens with zero attached hydrogens (tertiary/aromatic N) is 4. The first-order chi connectivity index (χ1) is 8.15. The lowest BCUT2D eigenvalue weighted by atomic mass is 10.2. The predicted octanol–water partition coefficient (Wildman–Crippen LogP) is -0.114. The Kier molecular flexibility index (Phi) is 2.08. The van der Waals surface area contributed by atoms with Crippen LogP contribution in [-0.4, -0.2) is 64.2 Å². The molecule has 1 unspecified atom stereocenters. The highest BCUT2D eigenvalue weighted by molar-refractivity contribution is 6.22. The number of imide groups is 1. The predicted molar refractivity (Wildman–Crippen MR) is 61.1 cm³/mol. The molecule has 6 nitrogen and oxygen atoms in total. The molecule has 90 valence electrons. The summed E-state index contributed by atoms with van der Waals surface area (Å²) in [5, 5.41) is 0. The summed E-state index contributed by atoms with van der Waals surface area (Å²) < 4.78 is 2.04. The number of amidine groups is 2. The summed E-state index contributed by atoms with van der Waals surface area (Å²) in [7, 11) is 1.53. The highest BCUT2D eigenvalue weighted by Gasteiger charge is 2.56. The lowest BCUT2D eigenvalue weighted by Crippen LogP contribution is -2.58. The van der Waals surface area contributed by atoms with E-state index in [9.17, 15) is 9.59 Å². The number of hydrogen-bond donors (Lipinski definition) is 0. The van der Waals surface area contributed by atoms with Gasteiger partial charge in [0.2, 0.25) is 5.84 Å². The Morgan fingerprint density at radius 1 is 1.47 bits per heavy atom. The molecule has 0 bridgehead atoms. The molecule has 1 atom stereocenters. The van der Waals surface area contributed by atoms with Crippen LogP contribution in [0.5, 0.6) is 0 Å². The summed E-state index contributed by atoms with van der Waals surface area (Å²) in [4.78, 5) is 31.3. The van der Waals surface area contributed by atoms with Crippen molar-refractivity contribution in [1.82, 2.24) is 9.80 Å². The zero-order valence-electron chi connectivity index (χ0n) is 10.0. The Morgan fingerprint density at radius 2 is 2.24 bits per heavy atom. The second-order valence-electron chi connectivity index (χ2n) is 4.54. The van der Waals surface area contributed by atoms with Crippen LogP contribution in [0.1, 0.15) is 19.8 Å². The van der Waals surface area contributed by atoms with Crippen molar-refractivity contribution in [3.05, 3.63) is 0 Å². The van der Waals surface area contributed by atoms with Gasteiger partial charge in [-0.3, -0.25) is 9.69 Å². The molecule has 1 saturated heterocycles. The summed E-state index contributed by atoms with van der Waals surface area (Å²) in [6.45, 7) is 3.50. The zero-order valence-corrected chi connectivity index (χ0v) is 10.0. The molecule has 17 heavy (non-hydrogen) atoms. The molecular formula is C11H15N4O2+. The van der Waals surface area contributed by atoms with Gasteiger partial charge in [-0.1, -0.05) is 6.92 Å². The molecule has 6 heteroatoms. The van der Waals surface area contributed by atoms with Crippen molar-refractivity contribution in [2.24, 2.45) is 4.99 Å². The van der Waals surface area contributed by atoms with E-state index in [-0.39, 0.29) is 11.9 Å². The zero-order chi connectivity index (χ0) is 12.2. The minimum absolute atomic E-state index is 0.209. The molecule has 0 saturated carbocycles. The molecule has 3 aliphatic rings. The molecule has 3 rings (SSSR count). The fraction of sp³-hybridized carbons (Fsp3) is 0.636. The highest BCUT2D eigenvalue weighted by atomic mass is 16.2. The summed E-state index contributed by atoms with van der Waals surface area (Å²) in [5.74, 6) is 1.52. The van der Waals surface area contributed by atoms with Crippen LogP contribution in [0.4, 0.5) is 4.79 Å². The first-order valence-electron chi connectivity index (χ1n) is 5.95. The van der Waals surface area contributed by atoms with Crippen molar-refractivity contribution < 1.29 is 14.2 Å². The van der Waals surface area contributed by atoms with Crippen LogP contribution in [0, 0.1) is 0 Å². The van der Waals surface area contributed by atoms with Gasteiger partial charge in [0.15, 0.2) is 0 Å². The number of rotatable bonds is 2. The van der Waals surface area contributed by atoms with E-state index >= 15 is 0 Å². The molecule has 0 N–H and O–H groups in total. The van der Waals surface area contributed by atoms with Gasteiger partial charge < -0.3 is 0 Å². The van der Waals surface area contributed by atoms with Gasteiger partial charge >= 0.3 is 6.03 Å². The summed E-state index contributed by atoms with van der Waals surface area (Å²) >= 11 is 0. The van der Waals surface area contributed by atoms with Gasteiger partial charge in [-0.05, 0) is 6.42 Å². The van der Waals surface area contributed by atoms with Gasteiger partial charge in [-0.25, -0.2) is 14.3 Å². The Balaban J connectivity index is 2.06. The number of aliphatic imine (C=N–C) groups is 1. The second kappa shape index (κ2) is 3.38. The van der Waals surface area contributed by atoms with Gasteiger partial charge in [0, 0.05) is 13.5 Å². The molecule has 0 aromatic rings. The molecule has 0 radical (unpaired) electrons. The molecule has 0 aliphatic carbocycles. The smallest absolute Gasteiger partial charge is 0.269 e. The average Bonchev–Trinajstić information content (AvgIpc) is 2.87. The third-order valence-corrected chi connectivity index (χ3v) is 3.49. The highest BCUT2D eigenvalue weighted by Crippen LogP contribution is 2.24. The van der Waals surface area contributed by atoms with E-state index in [2.05, 4.69) is 11.9 Å². The maximum atomic E-state index is 12.0. The SMILES string of the molecule is CCCC1=NC2C(=O)N(C)C(=O)N3CC[N+]1=C23. The number of carbonyl (C=O) groups is 2. The minimum atomic E-state index is -0.484. The first kappa shape index (κ1) is 10.4. The number of amides is 3. The molecule has 3 amide bonds. The summed E-state index contributed by atoms with van der Waals surface area (Å²) in [5.41, 5.74) is 0. The molecule has 3 aliphatic heterocycles. The van der Waals surface area contributed by atoms with Gasteiger partial charge in [0.1, 0.15) is 13.1 Å². The molecule has 0 aromatic carbocycles.